The molecule has 0 bridgehead atoms. The van der Waals surface area contributed by atoms with Gasteiger partial charge in [0, 0.05) is 17.4 Å². The topological polar surface area (TPSA) is 69.6 Å². The highest BCUT2D eigenvalue weighted by Crippen LogP contribution is 2.17. The zero-order chi connectivity index (χ0) is 13.2. The number of aryl methyl sites for hydroxylation is 1. The van der Waals surface area contributed by atoms with Crippen molar-refractivity contribution in [2.75, 3.05) is 5.73 Å². The minimum Gasteiger partial charge on any atom is -0.399 e. The van der Waals surface area contributed by atoms with E-state index in [9.17, 15) is 0 Å². The predicted molar refractivity (Wildman–Crippen MR) is 73.7 cm³/mol. The Hall–Kier alpha value is -2.69. The van der Waals surface area contributed by atoms with E-state index in [0.29, 0.717) is 11.5 Å². The van der Waals surface area contributed by atoms with Crippen LogP contribution in [0.25, 0.3) is 17.2 Å². The van der Waals surface area contributed by atoms with E-state index >= 15 is 0 Å². The molecule has 1 aromatic carbocycles. The molecule has 0 aliphatic rings. The Kier molecular flexibility index (Phi) is 2.72. The summed E-state index contributed by atoms with van der Waals surface area (Å²) >= 11 is 0. The maximum absolute atomic E-state index is 5.76. The summed E-state index contributed by atoms with van der Waals surface area (Å²) in [5.74, 6) is 1.39. The molecule has 0 atom stereocenters. The Bertz CT molecular complexity index is 657. The van der Waals surface area contributed by atoms with Crippen LogP contribution in [0.15, 0.2) is 48.9 Å². The molecule has 0 amide bonds. The van der Waals surface area contributed by atoms with Crippen LogP contribution in [0.3, 0.4) is 0 Å². The lowest BCUT2D eigenvalue weighted by atomic mass is 10.2. The standard InChI is InChI=1S/C14H13N5/c1-10-5-6-16-13(7-10)19-9-17-14(18-19)11-3-2-4-12(15)8-11/h2-9H,15H2,1H3. The number of aromatic nitrogens is 4. The van der Waals surface area contributed by atoms with Crippen molar-refractivity contribution in [2.24, 2.45) is 0 Å². The summed E-state index contributed by atoms with van der Waals surface area (Å²) in [6.45, 7) is 2.01. The number of benzene rings is 1. The summed E-state index contributed by atoms with van der Waals surface area (Å²) in [6, 6.07) is 11.4. The highest BCUT2D eigenvalue weighted by atomic mass is 15.4. The van der Waals surface area contributed by atoms with E-state index in [0.717, 1.165) is 16.9 Å². The van der Waals surface area contributed by atoms with Crippen LogP contribution >= 0.6 is 0 Å². The van der Waals surface area contributed by atoms with Gasteiger partial charge >= 0.3 is 0 Å². The van der Waals surface area contributed by atoms with Gasteiger partial charge in [0.15, 0.2) is 11.6 Å². The molecule has 2 aromatic heterocycles. The van der Waals surface area contributed by atoms with Gasteiger partial charge in [-0.25, -0.2) is 14.6 Å². The van der Waals surface area contributed by atoms with Gasteiger partial charge in [0.2, 0.25) is 0 Å². The van der Waals surface area contributed by atoms with E-state index in [1.165, 1.54) is 0 Å². The van der Waals surface area contributed by atoms with Gasteiger partial charge in [-0.2, -0.15) is 0 Å². The van der Waals surface area contributed by atoms with Gasteiger partial charge in [-0.3, -0.25) is 0 Å². The Balaban J connectivity index is 2.00. The minimum absolute atomic E-state index is 0.635. The molecule has 94 valence electrons. The van der Waals surface area contributed by atoms with Crippen molar-refractivity contribution in [1.29, 1.82) is 0 Å². The van der Waals surface area contributed by atoms with E-state index in [1.54, 1.807) is 17.2 Å². The summed E-state index contributed by atoms with van der Waals surface area (Å²) in [7, 11) is 0. The smallest absolute Gasteiger partial charge is 0.181 e. The number of hydrogen-bond donors (Lipinski definition) is 1. The quantitative estimate of drug-likeness (QED) is 0.709. The third-order valence-electron chi connectivity index (χ3n) is 2.77. The molecular weight excluding hydrogens is 238 g/mol. The van der Waals surface area contributed by atoms with Crippen LogP contribution in [0, 0.1) is 6.92 Å². The number of nitrogens with zero attached hydrogens (tertiary/aromatic N) is 4. The first kappa shape index (κ1) is 11.4. The van der Waals surface area contributed by atoms with Crippen molar-refractivity contribution < 1.29 is 0 Å². The molecule has 0 fully saturated rings. The van der Waals surface area contributed by atoms with Gasteiger partial charge in [-0.1, -0.05) is 12.1 Å². The van der Waals surface area contributed by atoms with Gasteiger partial charge in [-0.15, -0.1) is 5.10 Å². The summed E-state index contributed by atoms with van der Waals surface area (Å²) in [5, 5.41) is 4.42. The lowest BCUT2D eigenvalue weighted by molar-refractivity contribution is 0.846. The molecular formula is C14H13N5. The maximum Gasteiger partial charge on any atom is 0.181 e. The monoisotopic (exact) mass is 251 g/mol. The number of rotatable bonds is 2. The van der Waals surface area contributed by atoms with Crippen LogP contribution < -0.4 is 5.73 Å². The van der Waals surface area contributed by atoms with Gasteiger partial charge in [0.25, 0.3) is 0 Å². The van der Waals surface area contributed by atoms with Crippen molar-refractivity contribution in [3.8, 4) is 17.2 Å². The van der Waals surface area contributed by atoms with Crippen molar-refractivity contribution >= 4 is 5.69 Å². The molecule has 0 radical (unpaired) electrons. The third kappa shape index (κ3) is 2.30. The number of hydrogen-bond acceptors (Lipinski definition) is 4. The Morgan fingerprint density at radius 3 is 2.79 bits per heavy atom. The zero-order valence-corrected chi connectivity index (χ0v) is 10.5. The van der Waals surface area contributed by atoms with Crippen LogP contribution in [-0.2, 0) is 0 Å². The Morgan fingerprint density at radius 2 is 2.00 bits per heavy atom. The lowest BCUT2D eigenvalue weighted by Gasteiger charge is -2.00. The van der Waals surface area contributed by atoms with Crippen molar-refractivity contribution in [3.05, 3.63) is 54.5 Å². The average molecular weight is 251 g/mol. The Labute approximate surface area is 110 Å². The molecule has 3 rings (SSSR count). The van der Waals surface area contributed by atoms with Crippen LogP contribution in [0.2, 0.25) is 0 Å². The Morgan fingerprint density at radius 1 is 1.11 bits per heavy atom. The number of nitrogens with two attached hydrogens (primary N) is 1. The first-order valence-electron chi connectivity index (χ1n) is 5.93. The first-order valence-corrected chi connectivity index (χ1v) is 5.93. The summed E-state index contributed by atoms with van der Waals surface area (Å²) in [4.78, 5) is 8.56. The average Bonchev–Trinajstić information content (AvgIpc) is 2.88. The number of nitrogen functional groups attached to an aromatic ring is 1. The first-order chi connectivity index (χ1) is 9.22. The maximum atomic E-state index is 5.76. The number of pyridine rings is 1. The van der Waals surface area contributed by atoms with Crippen LogP contribution in [-0.4, -0.2) is 19.7 Å². The second-order valence-corrected chi connectivity index (χ2v) is 4.33. The summed E-state index contributed by atoms with van der Waals surface area (Å²) in [6.07, 6.45) is 3.41. The van der Waals surface area contributed by atoms with Gasteiger partial charge in [0.05, 0.1) is 0 Å². The van der Waals surface area contributed by atoms with E-state index in [2.05, 4.69) is 15.1 Å². The zero-order valence-electron chi connectivity index (χ0n) is 10.5. The van der Waals surface area contributed by atoms with Crippen molar-refractivity contribution in [2.45, 2.75) is 6.92 Å². The van der Waals surface area contributed by atoms with Crippen LogP contribution in [0.4, 0.5) is 5.69 Å². The fourth-order valence-corrected chi connectivity index (χ4v) is 1.83. The molecule has 5 nitrogen and oxygen atoms in total. The van der Waals surface area contributed by atoms with Gasteiger partial charge < -0.3 is 5.73 Å². The fourth-order valence-electron chi connectivity index (χ4n) is 1.83. The molecule has 5 heteroatoms. The SMILES string of the molecule is Cc1ccnc(-n2cnc(-c3cccc(N)c3)n2)c1. The highest BCUT2D eigenvalue weighted by molar-refractivity contribution is 5.60. The second kappa shape index (κ2) is 4.53. The molecule has 19 heavy (non-hydrogen) atoms. The molecule has 0 spiro atoms. The number of anilines is 1. The normalized spacial score (nSPS) is 10.6. The fraction of sp³-hybridized carbons (Fsp3) is 0.0714. The predicted octanol–water partition coefficient (Wildman–Crippen LogP) is 2.22. The molecule has 2 heterocycles. The summed E-state index contributed by atoms with van der Waals surface area (Å²) in [5.41, 5.74) is 8.48. The van der Waals surface area contributed by atoms with E-state index in [4.69, 9.17) is 5.73 Å². The molecule has 0 saturated carbocycles. The molecule has 0 aliphatic heterocycles. The van der Waals surface area contributed by atoms with Crippen molar-refractivity contribution in [3.63, 3.8) is 0 Å². The lowest BCUT2D eigenvalue weighted by Crippen LogP contribution is -1.98. The third-order valence-corrected chi connectivity index (χ3v) is 2.77. The largest absolute Gasteiger partial charge is 0.399 e. The molecule has 0 aliphatic carbocycles. The van der Waals surface area contributed by atoms with E-state index in [1.807, 2.05) is 43.3 Å². The summed E-state index contributed by atoms with van der Waals surface area (Å²) < 4.78 is 1.66. The second-order valence-electron chi connectivity index (χ2n) is 4.33. The highest BCUT2D eigenvalue weighted by Gasteiger charge is 2.06. The molecule has 0 unspecified atom stereocenters. The molecule has 2 N–H and O–H groups in total. The van der Waals surface area contributed by atoms with Gasteiger partial charge in [0.1, 0.15) is 6.33 Å². The van der Waals surface area contributed by atoms with Crippen molar-refractivity contribution in [1.82, 2.24) is 19.7 Å². The molecule has 0 saturated heterocycles. The van der Waals surface area contributed by atoms with E-state index < -0.39 is 0 Å². The van der Waals surface area contributed by atoms with Gasteiger partial charge in [-0.05, 0) is 36.8 Å². The van der Waals surface area contributed by atoms with E-state index in [-0.39, 0.29) is 0 Å². The minimum atomic E-state index is 0.635. The van der Waals surface area contributed by atoms with Crippen LogP contribution in [0.5, 0.6) is 0 Å². The van der Waals surface area contributed by atoms with Crippen LogP contribution in [0.1, 0.15) is 5.56 Å². The molecule has 3 aromatic rings.